The van der Waals surface area contributed by atoms with E-state index in [4.69, 9.17) is 4.84 Å². The summed E-state index contributed by atoms with van der Waals surface area (Å²) in [5.74, 6) is 0.148. The number of carbonyl (C=O) groups is 1. The Balaban J connectivity index is 0.00000128. The molecular formula is C11H21ClN2O2. The van der Waals surface area contributed by atoms with E-state index in [1.54, 1.807) is 5.06 Å². The van der Waals surface area contributed by atoms with Crippen molar-refractivity contribution in [3.05, 3.63) is 0 Å². The summed E-state index contributed by atoms with van der Waals surface area (Å²) >= 11 is 0. The van der Waals surface area contributed by atoms with Crippen LogP contribution in [0.25, 0.3) is 0 Å². The summed E-state index contributed by atoms with van der Waals surface area (Å²) < 4.78 is 0. The smallest absolute Gasteiger partial charge is 0.249 e. The van der Waals surface area contributed by atoms with Crippen LogP contribution in [0, 0.1) is 0 Å². The Hall–Kier alpha value is -0.320. The maximum absolute atomic E-state index is 11.8. The van der Waals surface area contributed by atoms with Crippen molar-refractivity contribution in [3.63, 3.8) is 0 Å². The first kappa shape index (κ1) is 13.7. The Morgan fingerprint density at radius 3 is 2.31 bits per heavy atom. The van der Waals surface area contributed by atoms with Crippen molar-refractivity contribution in [2.24, 2.45) is 0 Å². The van der Waals surface area contributed by atoms with E-state index < -0.39 is 0 Å². The number of hydrogen-bond acceptors (Lipinski definition) is 3. The van der Waals surface area contributed by atoms with E-state index in [9.17, 15) is 4.79 Å². The lowest BCUT2D eigenvalue weighted by atomic mass is 9.89. The summed E-state index contributed by atoms with van der Waals surface area (Å²) in [6, 6.07) is 0.150. The van der Waals surface area contributed by atoms with Crippen LogP contribution in [0.3, 0.4) is 0 Å². The first-order valence-corrected chi connectivity index (χ1v) is 5.72. The maximum atomic E-state index is 11.8. The maximum Gasteiger partial charge on any atom is 0.249 e. The molecular weight excluding hydrogens is 228 g/mol. The first-order chi connectivity index (χ1) is 7.02. The van der Waals surface area contributed by atoms with Crippen molar-refractivity contribution in [2.45, 2.75) is 44.8 Å². The third-order valence-electron chi connectivity index (χ3n) is 3.38. The Morgan fingerprint density at radius 2 is 1.88 bits per heavy atom. The van der Waals surface area contributed by atoms with E-state index in [2.05, 4.69) is 11.9 Å². The minimum atomic E-state index is -0.187. The van der Waals surface area contributed by atoms with Gasteiger partial charge in [0.05, 0.1) is 12.5 Å². The molecule has 0 bridgehead atoms. The van der Waals surface area contributed by atoms with E-state index >= 15 is 0 Å². The molecule has 2 aliphatic heterocycles. The molecule has 1 spiro atoms. The number of amides is 1. The second-order valence-electron chi connectivity index (χ2n) is 5.07. The fraction of sp³-hybridized carbons (Fsp3) is 0.909. The number of likely N-dealkylation sites (tertiary alicyclic amines) is 1. The van der Waals surface area contributed by atoms with Crippen LogP contribution in [0.1, 0.15) is 33.1 Å². The van der Waals surface area contributed by atoms with E-state index in [1.807, 2.05) is 13.8 Å². The zero-order chi connectivity index (χ0) is 11.1. The fourth-order valence-electron chi connectivity index (χ4n) is 2.33. The van der Waals surface area contributed by atoms with E-state index in [-0.39, 0.29) is 30.0 Å². The van der Waals surface area contributed by atoms with Crippen molar-refractivity contribution in [1.82, 2.24) is 9.96 Å². The normalized spacial score (nSPS) is 25.2. The highest BCUT2D eigenvalue weighted by Gasteiger charge is 2.46. The van der Waals surface area contributed by atoms with Gasteiger partial charge in [0.2, 0.25) is 5.91 Å². The summed E-state index contributed by atoms with van der Waals surface area (Å²) in [7, 11) is 2.11. The van der Waals surface area contributed by atoms with Gasteiger partial charge in [-0.05, 0) is 33.7 Å². The molecule has 2 rings (SSSR count). The molecule has 0 radical (unpaired) electrons. The number of rotatable bonds is 1. The second-order valence-corrected chi connectivity index (χ2v) is 5.07. The summed E-state index contributed by atoms with van der Waals surface area (Å²) in [6.45, 7) is 6.04. The molecule has 2 saturated heterocycles. The second kappa shape index (κ2) is 4.90. The standard InChI is InChI=1S/C11H20N2O2.ClH/c1-9(2)13-10(14)8-11(15-13)4-6-12(3)7-5-11;/h9H,4-8H2,1-3H3;1H. The minimum absolute atomic E-state index is 0. The molecule has 1 amide bonds. The Labute approximate surface area is 103 Å². The molecule has 0 aromatic heterocycles. The predicted octanol–water partition coefficient (Wildman–Crippen LogP) is 1.44. The minimum Gasteiger partial charge on any atom is -0.306 e. The largest absolute Gasteiger partial charge is 0.306 e. The number of nitrogens with zero attached hydrogens (tertiary/aromatic N) is 2. The number of halogens is 1. The highest BCUT2D eigenvalue weighted by molar-refractivity contribution is 5.85. The van der Waals surface area contributed by atoms with Gasteiger partial charge in [0.1, 0.15) is 5.60 Å². The number of hydrogen-bond donors (Lipinski definition) is 0. The van der Waals surface area contributed by atoms with Gasteiger partial charge in [-0.25, -0.2) is 5.06 Å². The van der Waals surface area contributed by atoms with E-state index in [0.29, 0.717) is 6.42 Å². The summed E-state index contributed by atoms with van der Waals surface area (Å²) in [5, 5.41) is 1.56. The summed E-state index contributed by atoms with van der Waals surface area (Å²) in [4.78, 5) is 19.9. The molecule has 2 fully saturated rings. The molecule has 5 heteroatoms. The fourth-order valence-corrected chi connectivity index (χ4v) is 2.33. The molecule has 0 aromatic rings. The van der Waals surface area contributed by atoms with Crippen LogP contribution in [0.4, 0.5) is 0 Å². The Kier molecular flexibility index (Phi) is 4.21. The van der Waals surface area contributed by atoms with Crippen molar-refractivity contribution in [2.75, 3.05) is 20.1 Å². The molecule has 0 aliphatic carbocycles. The molecule has 16 heavy (non-hydrogen) atoms. The van der Waals surface area contributed by atoms with Gasteiger partial charge in [-0.15, -0.1) is 12.4 Å². The van der Waals surface area contributed by atoms with Gasteiger partial charge in [0.15, 0.2) is 0 Å². The predicted molar refractivity (Wildman–Crippen MR) is 64.4 cm³/mol. The molecule has 4 nitrogen and oxygen atoms in total. The van der Waals surface area contributed by atoms with Crippen molar-refractivity contribution in [3.8, 4) is 0 Å². The van der Waals surface area contributed by atoms with Gasteiger partial charge in [-0.2, -0.15) is 0 Å². The van der Waals surface area contributed by atoms with Crippen molar-refractivity contribution in [1.29, 1.82) is 0 Å². The van der Waals surface area contributed by atoms with Crippen LogP contribution in [0.15, 0.2) is 0 Å². The number of hydroxylamine groups is 2. The lowest BCUT2D eigenvalue weighted by Crippen LogP contribution is -2.43. The zero-order valence-electron chi connectivity index (χ0n) is 10.2. The molecule has 2 heterocycles. The topological polar surface area (TPSA) is 32.8 Å². The van der Waals surface area contributed by atoms with Crippen molar-refractivity contribution >= 4 is 18.3 Å². The van der Waals surface area contributed by atoms with Crippen LogP contribution in [0.2, 0.25) is 0 Å². The van der Waals surface area contributed by atoms with Crippen LogP contribution < -0.4 is 0 Å². The van der Waals surface area contributed by atoms with Gasteiger partial charge in [-0.1, -0.05) is 0 Å². The molecule has 0 aromatic carbocycles. The third kappa shape index (κ3) is 2.50. The zero-order valence-corrected chi connectivity index (χ0v) is 11.0. The highest BCUT2D eigenvalue weighted by atomic mass is 35.5. The van der Waals surface area contributed by atoms with Crippen LogP contribution in [-0.4, -0.2) is 47.7 Å². The molecule has 94 valence electrons. The SMILES string of the molecule is CC(C)N1OC2(CCN(C)CC2)CC1=O.Cl. The molecule has 0 unspecified atom stereocenters. The van der Waals surface area contributed by atoms with Crippen LogP contribution in [0.5, 0.6) is 0 Å². The number of piperidine rings is 1. The van der Waals surface area contributed by atoms with Gasteiger partial charge < -0.3 is 4.90 Å². The first-order valence-electron chi connectivity index (χ1n) is 5.72. The van der Waals surface area contributed by atoms with Crippen LogP contribution in [-0.2, 0) is 9.63 Å². The average Bonchev–Trinajstić information content (AvgIpc) is 2.50. The van der Waals surface area contributed by atoms with Crippen LogP contribution >= 0.6 is 12.4 Å². The lowest BCUT2D eigenvalue weighted by Gasteiger charge is -2.36. The van der Waals surface area contributed by atoms with Gasteiger partial charge in [0, 0.05) is 13.1 Å². The van der Waals surface area contributed by atoms with E-state index in [0.717, 1.165) is 25.9 Å². The summed E-state index contributed by atoms with van der Waals surface area (Å²) in [6.07, 6.45) is 2.51. The molecule has 0 N–H and O–H groups in total. The molecule has 0 atom stereocenters. The monoisotopic (exact) mass is 248 g/mol. The van der Waals surface area contributed by atoms with E-state index in [1.165, 1.54) is 0 Å². The Bertz CT molecular complexity index is 263. The Morgan fingerprint density at radius 1 is 1.31 bits per heavy atom. The molecule has 2 aliphatic rings. The van der Waals surface area contributed by atoms with Gasteiger partial charge >= 0.3 is 0 Å². The highest BCUT2D eigenvalue weighted by Crippen LogP contribution is 2.36. The molecule has 0 saturated carbocycles. The summed E-state index contributed by atoms with van der Waals surface area (Å²) in [5.41, 5.74) is -0.187. The van der Waals surface area contributed by atoms with Gasteiger partial charge in [-0.3, -0.25) is 9.63 Å². The quantitative estimate of drug-likeness (QED) is 0.704. The lowest BCUT2D eigenvalue weighted by molar-refractivity contribution is -0.221. The van der Waals surface area contributed by atoms with Gasteiger partial charge in [0.25, 0.3) is 0 Å². The average molecular weight is 249 g/mol. The number of carbonyl (C=O) groups excluding carboxylic acids is 1. The third-order valence-corrected chi connectivity index (χ3v) is 3.38. The van der Waals surface area contributed by atoms with Crippen molar-refractivity contribution < 1.29 is 9.63 Å².